The molecule has 1 amide bonds. The first kappa shape index (κ1) is 16.9. The van der Waals surface area contributed by atoms with Crippen molar-refractivity contribution >= 4 is 17.7 Å². The Morgan fingerprint density at radius 1 is 1.12 bits per heavy atom. The molecule has 1 N–H and O–H groups in total. The third-order valence-electron chi connectivity index (χ3n) is 3.90. The highest BCUT2D eigenvalue weighted by molar-refractivity contribution is 5.92. The standard InChI is InChI=1S/C20H22N2O3/c1-3-22(17-8-4-15(2)5-9-17)21-20(23)11-7-16-6-10-18-19(14-16)25-13-12-24-18/h4-11,14H,3,12-13H2,1-2H3,(H,21,23)/b11-7+. The molecule has 1 aliphatic rings. The van der Waals surface area contributed by atoms with Crippen molar-refractivity contribution in [2.45, 2.75) is 13.8 Å². The Hall–Kier alpha value is -2.95. The van der Waals surface area contributed by atoms with Crippen molar-refractivity contribution in [2.75, 3.05) is 24.8 Å². The number of nitrogens with zero attached hydrogens (tertiary/aromatic N) is 1. The summed E-state index contributed by atoms with van der Waals surface area (Å²) < 4.78 is 11.0. The van der Waals surface area contributed by atoms with Crippen LogP contribution in [0, 0.1) is 6.92 Å². The fourth-order valence-electron chi connectivity index (χ4n) is 2.56. The van der Waals surface area contributed by atoms with E-state index in [-0.39, 0.29) is 5.91 Å². The van der Waals surface area contributed by atoms with E-state index in [1.54, 1.807) is 6.08 Å². The molecule has 0 radical (unpaired) electrons. The van der Waals surface area contributed by atoms with Gasteiger partial charge >= 0.3 is 0 Å². The molecule has 0 saturated heterocycles. The topological polar surface area (TPSA) is 50.8 Å². The van der Waals surface area contributed by atoms with Crippen LogP contribution in [-0.2, 0) is 4.79 Å². The lowest BCUT2D eigenvalue weighted by atomic mass is 10.2. The molecule has 1 aliphatic heterocycles. The van der Waals surface area contributed by atoms with E-state index in [1.807, 2.05) is 61.3 Å². The minimum absolute atomic E-state index is 0.183. The molecule has 2 aromatic rings. The summed E-state index contributed by atoms with van der Waals surface area (Å²) in [5.41, 5.74) is 5.91. The normalized spacial score (nSPS) is 12.9. The maximum absolute atomic E-state index is 12.2. The van der Waals surface area contributed by atoms with Crippen LogP contribution < -0.4 is 19.9 Å². The zero-order chi connectivity index (χ0) is 17.6. The molecule has 5 heteroatoms. The van der Waals surface area contributed by atoms with Crippen LogP contribution >= 0.6 is 0 Å². The molecule has 0 atom stereocenters. The van der Waals surface area contributed by atoms with Crippen LogP contribution in [0.3, 0.4) is 0 Å². The molecule has 5 nitrogen and oxygen atoms in total. The fraction of sp³-hybridized carbons (Fsp3) is 0.250. The highest BCUT2D eigenvalue weighted by Gasteiger charge is 2.11. The van der Waals surface area contributed by atoms with E-state index in [0.29, 0.717) is 25.5 Å². The number of rotatable bonds is 5. The molecular weight excluding hydrogens is 316 g/mol. The second-order valence-electron chi connectivity index (χ2n) is 5.79. The summed E-state index contributed by atoms with van der Waals surface area (Å²) in [5, 5.41) is 1.82. The Morgan fingerprint density at radius 2 is 1.84 bits per heavy atom. The Kier molecular flexibility index (Phi) is 5.23. The van der Waals surface area contributed by atoms with Gasteiger partial charge in [0.05, 0.1) is 5.69 Å². The van der Waals surface area contributed by atoms with Crippen molar-refractivity contribution in [1.82, 2.24) is 5.43 Å². The zero-order valence-corrected chi connectivity index (χ0v) is 14.5. The first-order valence-electron chi connectivity index (χ1n) is 8.38. The highest BCUT2D eigenvalue weighted by Crippen LogP contribution is 2.31. The van der Waals surface area contributed by atoms with Gasteiger partial charge in [-0.1, -0.05) is 23.8 Å². The monoisotopic (exact) mass is 338 g/mol. The molecule has 0 unspecified atom stereocenters. The largest absolute Gasteiger partial charge is 0.486 e. The summed E-state index contributed by atoms with van der Waals surface area (Å²) >= 11 is 0. The second kappa shape index (κ2) is 7.75. The zero-order valence-electron chi connectivity index (χ0n) is 14.5. The molecule has 1 heterocycles. The molecule has 0 aliphatic carbocycles. The van der Waals surface area contributed by atoms with Crippen LogP contribution in [0.15, 0.2) is 48.5 Å². The minimum Gasteiger partial charge on any atom is -0.486 e. The van der Waals surface area contributed by atoms with E-state index in [2.05, 4.69) is 5.43 Å². The van der Waals surface area contributed by atoms with Gasteiger partial charge in [0.1, 0.15) is 13.2 Å². The van der Waals surface area contributed by atoms with Gasteiger partial charge in [-0.2, -0.15) is 0 Å². The SMILES string of the molecule is CCN(NC(=O)/C=C/c1ccc2c(c1)OCCO2)c1ccc(C)cc1. The Labute approximate surface area is 147 Å². The number of anilines is 1. The van der Waals surface area contributed by atoms with E-state index in [0.717, 1.165) is 17.0 Å². The van der Waals surface area contributed by atoms with Gasteiger partial charge in [-0.3, -0.25) is 15.2 Å². The van der Waals surface area contributed by atoms with Gasteiger partial charge in [0.25, 0.3) is 5.91 Å². The molecule has 0 fully saturated rings. The van der Waals surface area contributed by atoms with Crippen LogP contribution in [-0.4, -0.2) is 25.7 Å². The van der Waals surface area contributed by atoms with E-state index in [1.165, 1.54) is 11.6 Å². The molecular formula is C20H22N2O3. The summed E-state index contributed by atoms with van der Waals surface area (Å²) in [6.07, 6.45) is 3.28. The van der Waals surface area contributed by atoms with E-state index >= 15 is 0 Å². The average molecular weight is 338 g/mol. The van der Waals surface area contributed by atoms with Crippen LogP contribution in [0.5, 0.6) is 11.5 Å². The molecule has 0 spiro atoms. The summed E-state index contributed by atoms with van der Waals surface area (Å²) in [6.45, 7) is 5.81. The Bertz CT molecular complexity index is 769. The van der Waals surface area contributed by atoms with Crippen molar-refractivity contribution in [3.05, 3.63) is 59.7 Å². The third-order valence-corrected chi connectivity index (χ3v) is 3.90. The molecule has 130 valence electrons. The van der Waals surface area contributed by atoms with Gasteiger partial charge in [0.15, 0.2) is 11.5 Å². The number of hydrazine groups is 1. The van der Waals surface area contributed by atoms with Gasteiger partial charge in [-0.15, -0.1) is 0 Å². The van der Waals surface area contributed by atoms with Gasteiger partial charge in [-0.25, -0.2) is 0 Å². The van der Waals surface area contributed by atoms with E-state index < -0.39 is 0 Å². The number of carbonyl (C=O) groups excluding carboxylic acids is 1. The molecule has 0 saturated carbocycles. The number of aryl methyl sites for hydroxylation is 1. The number of benzene rings is 2. The summed E-state index contributed by atoms with van der Waals surface area (Å²) in [7, 11) is 0. The molecule has 0 aromatic heterocycles. The smallest absolute Gasteiger partial charge is 0.262 e. The molecule has 25 heavy (non-hydrogen) atoms. The van der Waals surface area contributed by atoms with Gasteiger partial charge in [-0.05, 0) is 49.8 Å². The molecule has 3 rings (SSSR count). The second-order valence-corrected chi connectivity index (χ2v) is 5.79. The van der Waals surface area contributed by atoms with Crippen molar-refractivity contribution in [3.8, 4) is 11.5 Å². The summed E-state index contributed by atoms with van der Waals surface area (Å²) in [5.74, 6) is 1.27. The van der Waals surface area contributed by atoms with Crippen molar-refractivity contribution in [1.29, 1.82) is 0 Å². The highest BCUT2D eigenvalue weighted by atomic mass is 16.6. The van der Waals surface area contributed by atoms with Crippen LogP contribution in [0.25, 0.3) is 6.08 Å². The Balaban J connectivity index is 1.64. The number of amides is 1. The van der Waals surface area contributed by atoms with Crippen molar-refractivity contribution in [3.63, 3.8) is 0 Å². The first-order valence-corrected chi connectivity index (χ1v) is 8.38. The number of fused-ring (bicyclic) bond motifs is 1. The van der Waals surface area contributed by atoms with Crippen LogP contribution in [0.1, 0.15) is 18.1 Å². The molecule has 0 bridgehead atoms. The minimum atomic E-state index is -0.183. The number of carbonyl (C=O) groups is 1. The lowest BCUT2D eigenvalue weighted by Gasteiger charge is -2.23. The van der Waals surface area contributed by atoms with Gasteiger partial charge in [0.2, 0.25) is 0 Å². The predicted molar refractivity (Wildman–Crippen MR) is 98.8 cm³/mol. The fourth-order valence-corrected chi connectivity index (χ4v) is 2.56. The number of ether oxygens (including phenoxy) is 2. The van der Waals surface area contributed by atoms with Crippen molar-refractivity contribution < 1.29 is 14.3 Å². The van der Waals surface area contributed by atoms with E-state index in [4.69, 9.17) is 9.47 Å². The Morgan fingerprint density at radius 3 is 2.56 bits per heavy atom. The number of hydrogen-bond acceptors (Lipinski definition) is 4. The number of hydrogen-bond donors (Lipinski definition) is 1. The van der Waals surface area contributed by atoms with Crippen LogP contribution in [0.4, 0.5) is 5.69 Å². The van der Waals surface area contributed by atoms with E-state index in [9.17, 15) is 4.79 Å². The quantitative estimate of drug-likeness (QED) is 0.671. The van der Waals surface area contributed by atoms with Gasteiger partial charge < -0.3 is 9.47 Å². The first-order chi connectivity index (χ1) is 12.2. The van der Waals surface area contributed by atoms with Gasteiger partial charge in [0, 0.05) is 12.6 Å². The maximum atomic E-state index is 12.2. The third kappa shape index (κ3) is 4.32. The number of nitrogens with one attached hydrogen (secondary N) is 1. The lowest BCUT2D eigenvalue weighted by molar-refractivity contribution is -0.116. The summed E-state index contributed by atoms with van der Waals surface area (Å²) in [6, 6.07) is 13.7. The maximum Gasteiger partial charge on any atom is 0.262 e. The lowest BCUT2D eigenvalue weighted by Crippen LogP contribution is -2.41. The summed E-state index contributed by atoms with van der Waals surface area (Å²) in [4.78, 5) is 12.2. The predicted octanol–water partition coefficient (Wildman–Crippen LogP) is 3.34. The average Bonchev–Trinajstić information content (AvgIpc) is 2.65. The molecule has 2 aromatic carbocycles. The van der Waals surface area contributed by atoms with Crippen molar-refractivity contribution in [2.24, 2.45) is 0 Å². The van der Waals surface area contributed by atoms with Crippen LogP contribution in [0.2, 0.25) is 0 Å².